The van der Waals surface area contributed by atoms with Gasteiger partial charge in [0, 0.05) is 34.1 Å². The van der Waals surface area contributed by atoms with E-state index in [1.807, 2.05) is 0 Å². The number of nitrogens with one attached hydrogen (secondary N) is 4. The zero-order valence-electron chi connectivity index (χ0n) is 68.7. The Morgan fingerprint density at radius 3 is 1.12 bits per heavy atom. The molecule has 0 aromatic rings. The smallest absolute Gasteiger partial charge is 0.364 e. The second kappa shape index (κ2) is 45.4. The Bertz CT molecular complexity index is 3530. The van der Waals surface area contributed by atoms with Crippen LogP contribution in [0.1, 0.15) is 41.0 Å². The molecule has 10 rings (SSSR count). The average Bonchev–Trinajstić information content (AvgIpc) is 0.764. The van der Waals surface area contributed by atoms with Gasteiger partial charge in [-0.25, -0.2) is 4.79 Å². The second-order valence-electron chi connectivity index (χ2n) is 32.4. The van der Waals surface area contributed by atoms with Crippen molar-refractivity contribution >= 4 is 29.6 Å². The fourth-order valence-corrected chi connectivity index (χ4v) is 16.5. The van der Waals surface area contributed by atoms with Gasteiger partial charge in [-0.15, -0.1) is 0 Å². The zero-order valence-corrected chi connectivity index (χ0v) is 68.7. The monoisotopic (exact) mass is 1870 g/mol. The Kier molecular flexibility index (Phi) is 37.4. The minimum absolute atomic E-state index is 0.840. The maximum Gasteiger partial charge on any atom is 0.364 e. The van der Waals surface area contributed by atoms with Crippen molar-refractivity contribution in [2.45, 2.75) is 353 Å². The molecule has 51 atom stereocenters. The van der Waals surface area contributed by atoms with Crippen molar-refractivity contribution < 1.29 is 262 Å². The Labute approximate surface area is 723 Å². The number of ether oxygens (including phenoxy) is 19. The minimum Gasteiger partial charge on any atom is -0.477 e. The molecule has 0 bridgehead atoms. The summed E-state index contributed by atoms with van der Waals surface area (Å²) >= 11 is 0. The van der Waals surface area contributed by atoms with Gasteiger partial charge < -0.3 is 259 Å². The van der Waals surface area contributed by atoms with E-state index < -0.39 is 408 Å². The predicted octanol–water partition coefficient (Wildman–Crippen LogP) is -22.0. The van der Waals surface area contributed by atoms with E-state index in [4.69, 9.17) is 90.0 Å². The van der Waals surface area contributed by atoms with Gasteiger partial charge >= 0.3 is 5.97 Å². The van der Waals surface area contributed by atoms with Crippen molar-refractivity contribution in [1.29, 1.82) is 0 Å². The van der Waals surface area contributed by atoms with E-state index in [0.717, 1.165) is 27.7 Å². The summed E-state index contributed by atoms with van der Waals surface area (Å²) in [5, 5.41) is 331. The van der Waals surface area contributed by atoms with Gasteiger partial charge in [0.1, 0.15) is 232 Å². The fraction of sp³-hybridized carbons (Fsp3) is 0.930. The molecule has 0 aromatic heterocycles. The van der Waals surface area contributed by atoms with Gasteiger partial charge in [-0.3, -0.25) is 19.2 Å². The van der Waals surface area contributed by atoms with E-state index >= 15 is 0 Å². The highest BCUT2D eigenvalue weighted by atomic mass is 16.8. The lowest BCUT2D eigenvalue weighted by molar-refractivity contribution is -0.391. The molecule has 0 aromatic carbocycles. The third-order valence-corrected chi connectivity index (χ3v) is 23.4. The number of aliphatic hydroxyl groups excluding tert-OH is 28. The molecule has 128 heavy (non-hydrogen) atoms. The Morgan fingerprint density at radius 1 is 0.336 bits per heavy atom. The standard InChI is InChI=1S/C71H118N4O53/c1-16-35(89)44(98)49(103)65(112-16)127-60-46(100)37(91)23(8-77)115-69(60)124-55-28(13-82)118-63(34(43(55)97)75-20(5)86)125-58-39(93)24(9-78)114-67(51(58)105)122-53-26(11-80)116-62(32(41(53)95)73-18(3)84)110-14-29-40(94)59(52(106)68(119-29)123-56-25(10-79)113-61(107)48(102)47(56)101)126-64-33(74-19(4)85)42(96)54(27(12-81)117-64)121-66-50(104)45(99)38(92)30(120-66)15-111-71(70(108)109)6-21(87)31(72-17(2)83)57(128-71)36(90)22(88)7-76/h16,21-69,76-82,87-107H,6-15H2,1-5H3,(H,72,83)(H,73,84)(H,74,85)(H,75,86)(H,108,109)/t16-,21-,22+,23+,24+,25+,26+,27+,28+,29+,30+,31+,32+,33+,34+,35+,36+,37-,38-,39-,40-,41+,42+,43+,44+,45-,46-,47+,48+,49-,50+,51+,52+,53+,54+,55+,56+,57+,58-,59-,60+,61?,62+,63?,64-,65-,66-,67-,68-,69-,71+/m0/s1. The lowest BCUT2D eigenvalue weighted by Gasteiger charge is -2.51. The van der Waals surface area contributed by atoms with Crippen LogP contribution >= 0.6 is 0 Å². The summed E-state index contributed by atoms with van der Waals surface area (Å²) in [5.41, 5.74) is 0. The molecule has 0 saturated carbocycles. The number of rotatable bonds is 34. The van der Waals surface area contributed by atoms with E-state index in [-0.39, 0.29) is 0 Å². The lowest BCUT2D eigenvalue weighted by atomic mass is 9.88. The van der Waals surface area contributed by atoms with Crippen LogP contribution < -0.4 is 21.3 Å². The molecule has 2 unspecified atom stereocenters. The summed E-state index contributed by atoms with van der Waals surface area (Å²) in [4.78, 5) is 64.3. The van der Waals surface area contributed by atoms with E-state index in [1.54, 1.807) is 0 Å². The molecule has 33 N–H and O–H groups in total. The van der Waals surface area contributed by atoms with Gasteiger partial charge in [0.15, 0.2) is 56.6 Å². The number of aliphatic hydroxyl groups is 28. The van der Waals surface area contributed by atoms with Crippen molar-refractivity contribution in [2.75, 3.05) is 59.5 Å². The van der Waals surface area contributed by atoms with Gasteiger partial charge in [0.05, 0.1) is 77.7 Å². The Balaban J connectivity index is 0.864. The lowest BCUT2D eigenvalue weighted by Crippen LogP contribution is -2.70. The molecule has 10 saturated heterocycles. The zero-order chi connectivity index (χ0) is 94.6. The maximum atomic E-state index is 13.1. The summed E-state index contributed by atoms with van der Waals surface area (Å²) in [6.07, 6.45) is -97.4. The number of aliphatic carboxylic acids is 1. The maximum absolute atomic E-state index is 13.1. The second-order valence-corrected chi connectivity index (χ2v) is 32.4. The van der Waals surface area contributed by atoms with Crippen molar-refractivity contribution in [3.05, 3.63) is 0 Å². The molecule has 10 aliphatic heterocycles. The normalized spacial score (nSPS) is 48.4. The third kappa shape index (κ3) is 23.1. The summed E-state index contributed by atoms with van der Waals surface area (Å²) in [5.74, 6) is -8.91. The van der Waals surface area contributed by atoms with Crippen LogP contribution in [0.2, 0.25) is 0 Å². The number of carbonyl (C=O) groups is 5. The van der Waals surface area contributed by atoms with Crippen LogP contribution in [-0.4, -0.2) is 550 Å². The van der Waals surface area contributed by atoms with Crippen LogP contribution in [0.15, 0.2) is 0 Å². The number of amides is 4. The molecule has 10 heterocycles. The molecule has 0 spiro atoms. The molecule has 10 fully saturated rings. The number of hydrogen-bond acceptors (Lipinski definition) is 52. The fourth-order valence-electron chi connectivity index (χ4n) is 16.5. The summed E-state index contributed by atoms with van der Waals surface area (Å²) in [6, 6.07) is -7.61. The number of carbonyl (C=O) groups excluding carboxylic acids is 4. The molecule has 740 valence electrons. The van der Waals surface area contributed by atoms with Gasteiger partial charge in [-0.2, -0.15) is 0 Å². The molecular formula is C71H118N4O53. The Morgan fingerprint density at radius 2 is 0.672 bits per heavy atom. The summed E-state index contributed by atoms with van der Waals surface area (Å²) < 4.78 is 111. The molecule has 4 amide bonds. The van der Waals surface area contributed by atoms with Gasteiger partial charge in [-0.1, -0.05) is 0 Å². The van der Waals surface area contributed by atoms with E-state index in [1.165, 1.54) is 6.92 Å². The minimum atomic E-state index is -3.08. The first kappa shape index (κ1) is 106. The molecule has 0 radical (unpaired) electrons. The van der Waals surface area contributed by atoms with E-state index in [9.17, 15) is 172 Å². The first-order valence-electron chi connectivity index (χ1n) is 40.6. The van der Waals surface area contributed by atoms with Gasteiger partial charge in [-0.05, 0) is 6.92 Å². The molecular weight excluding hydrogens is 1760 g/mol. The Hall–Kier alpha value is -4.53. The van der Waals surface area contributed by atoms with Crippen LogP contribution in [0.3, 0.4) is 0 Å². The van der Waals surface area contributed by atoms with Crippen LogP contribution in [0.25, 0.3) is 0 Å². The van der Waals surface area contributed by atoms with Crippen molar-refractivity contribution in [1.82, 2.24) is 21.3 Å². The highest BCUT2D eigenvalue weighted by Crippen LogP contribution is 2.42. The molecule has 57 heteroatoms. The van der Waals surface area contributed by atoms with Crippen molar-refractivity contribution in [3.63, 3.8) is 0 Å². The first-order chi connectivity index (χ1) is 60.3. The van der Waals surface area contributed by atoms with Crippen LogP contribution in [-0.2, 0) is 114 Å². The topological polar surface area (TPSA) is 896 Å². The largest absolute Gasteiger partial charge is 0.477 e. The van der Waals surface area contributed by atoms with Gasteiger partial charge in [0.2, 0.25) is 23.6 Å². The van der Waals surface area contributed by atoms with Crippen LogP contribution in [0.4, 0.5) is 0 Å². The predicted molar refractivity (Wildman–Crippen MR) is 392 cm³/mol. The van der Waals surface area contributed by atoms with Crippen molar-refractivity contribution in [3.8, 4) is 0 Å². The number of carboxylic acid groups (broad SMARTS) is 1. The van der Waals surface area contributed by atoms with E-state index in [0.29, 0.717) is 0 Å². The number of hydrogen-bond donors (Lipinski definition) is 33. The summed E-state index contributed by atoms with van der Waals surface area (Å²) in [7, 11) is 0. The van der Waals surface area contributed by atoms with Crippen LogP contribution in [0, 0.1) is 0 Å². The van der Waals surface area contributed by atoms with Crippen LogP contribution in [0.5, 0.6) is 0 Å². The molecule has 0 aliphatic carbocycles. The highest BCUT2D eigenvalue weighted by molar-refractivity contribution is 5.77. The molecule has 10 aliphatic rings. The quantitative estimate of drug-likeness (QED) is 0.0284. The highest BCUT2D eigenvalue weighted by Gasteiger charge is 2.63. The third-order valence-electron chi connectivity index (χ3n) is 23.4. The van der Waals surface area contributed by atoms with Crippen molar-refractivity contribution in [2.24, 2.45) is 0 Å². The van der Waals surface area contributed by atoms with E-state index in [2.05, 4.69) is 21.3 Å². The SMILES string of the molecule is CC(=O)N[C@H]1[C@H](O[C@H]2[C@@H](O)[C@@H](CO[C@@H]3O[C@H](CO)[C@@H](O[C@@H]4O[C@H](CO)[C@H](O)[C@H](OC5O[C@H](CO)[C@@H](O[C@@H]6O[C@H](CO)[C@H](O)[C@H](O)[C@H]6O[C@@H]6O[C@@H](C)[C@@H](O)[C@@H](O)[C@@H]6O)[C@H](O)[C@H]5NC(C)=O)[C@H]4O)[C@H](O)[C@H]3NC(C)=O)O[C@@H](O[C@H]3[C@H](O)[C@@H](O)C(O)O[C@@H]3CO)[C@@H]2O)O[C@H](CO)[C@@H](O[C@@H]2O[C@H](CO[C@]3(C(=O)O)C[C@H](O)[C@@H](NC(C)=O)[C@H]([C@H](O)[C@H](O)CO)O3)[C@H](O)[C@H](O)[C@H]2O)[C@@H]1O. The first-order valence-corrected chi connectivity index (χ1v) is 40.6. The molecule has 57 nitrogen and oxygen atoms in total. The average molecular weight is 1880 g/mol. The summed E-state index contributed by atoms with van der Waals surface area (Å²) in [6.45, 7) is -5.38. The number of carboxylic acids is 1. The van der Waals surface area contributed by atoms with Gasteiger partial charge in [0.25, 0.3) is 5.79 Å².